The molecular formula is C17H19N5OS2. The highest BCUT2D eigenvalue weighted by molar-refractivity contribution is 7.98. The summed E-state index contributed by atoms with van der Waals surface area (Å²) in [7, 11) is 0. The molecule has 1 aromatic carbocycles. The fraction of sp³-hybridized carbons (Fsp3) is 0.294. The van der Waals surface area contributed by atoms with E-state index in [2.05, 4.69) is 25.3 Å². The van der Waals surface area contributed by atoms with Crippen molar-refractivity contribution in [2.45, 2.75) is 17.6 Å². The van der Waals surface area contributed by atoms with E-state index in [1.807, 2.05) is 36.8 Å². The van der Waals surface area contributed by atoms with Gasteiger partial charge in [0.1, 0.15) is 5.82 Å². The van der Waals surface area contributed by atoms with E-state index in [4.69, 9.17) is 0 Å². The van der Waals surface area contributed by atoms with E-state index in [1.165, 1.54) is 11.8 Å². The third kappa shape index (κ3) is 4.32. The molecule has 0 saturated carbocycles. The van der Waals surface area contributed by atoms with E-state index in [-0.39, 0.29) is 11.9 Å². The highest BCUT2D eigenvalue weighted by atomic mass is 32.2. The molecule has 1 amide bonds. The van der Waals surface area contributed by atoms with Crippen molar-refractivity contribution in [1.82, 2.24) is 25.3 Å². The average molecular weight is 374 g/mol. The fourth-order valence-electron chi connectivity index (χ4n) is 2.43. The Labute approximate surface area is 154 Å². The van der Waals surface area contributed by atoms with Crippen molar-refractivity contribution >= 4 is 40.5 Å². The summed E-state index contributed by atoms with van der Waals surface area (Å²) >= 11 is 3.18. The maximum absolute atomic E-state index is 12.6. The lowest BCUT2D eigenvalue weighted by Gasteiger charge is -2.16. The molecule has 0 radical (unpaired) electrons. The summed E-state index contributed by atoms with van der Waals surface area (Å²) in [6.07, 6.45) is 7.84. The number of thioether (sulfide) groups is 2. The summed E-state index contributed by atoms with van der Waals surface area (Å²) in [5.41, 5.74) is 2.31. The third-order valence-corrected chi connectivity index (χ3v) is 4.95. The fourth-order valence-corrected chi connectivity index (χ4v) is 3.22. The zero-order chi connectivity index (χ0) is 17.6. The number of nitrogens with one attached hydrogen (secondary N) is 2. The minimum atomic E-state index is -0.195. The lowest BCUT2D eigenvalue weighted by atomic mass is 10.2. The number of rotatable bonds is 7. The van der Waals surface area contributed by atoms with Crippen LogP contribution in [0.4, 0.5) is 0 Å². The zero-order valence-corrected chi connectivity index (χ0v) is 15.7. The van der Waals surface area contributed by atoms with E-state index in [9.17, 15) is 4.79 Å². The SMILES string of the molecule is CSCC[C@@H](NC(=O)c1cnc(SC)nc1)c1nc2ccccc2[nH]1. The van der Waals surface area contributed by atoms with Crippen LogP contribution in [0, 0.1) is 0 Å². The zero-order valence-electron chi connectivity index (χ0n) is 14.0. The van der Waals surface area contributed by atoms with Gasteiger partial charge in [0.2, 0.25) is 0 Å². The van der Waals surface area contributed by atoms with Gasteiger partial charge in [-0.1, -0.05) is 23.9 Å². The first-order valence-electron chi connectivity index (χ1n) is 7.81. The topological polar surface area (TPSA) is 83.6 Å². The summed E-state index contributed by atoms with van der Waals surface area (Å²) in [6, 6.07) is 7.66. The number of carbonyl (C=O) groups is 1. The number of imidazole rings is 1. The Hall–Kier alpha value is -2.06. The van der Waals surface area contributed by atoms with E-state index < -0.39 is 0 Å². The van der Waals surface area contributed by atoms with Gasteiger partial charge in [0, 0.05) is 12.4 Å². The molecule has 0 spiro atoms. The molecule has 130 valence electrons. The Morgan fingerprint density at radius 2 is 2.00 bits per heavy atom. The first-order chi connectivity index (χ1) is 12.2. The maximum Gasteiger partial charge on any atom is 0.255 e. The first-order valence-corrected chi connectivity index (χ1v) is 10.4. The van der Waals surface area contributed by atoms with Gasteiger partial charge in [0.05, 0.1) is 22.6 Å². The number of aromatic nitrogens is 4. The van der Waals surface area contributed by atoms with Crippen molar-refractivity contribution < 1.29 is 4.79 Å². The highest BCUT2D eigenvalue weighted by Crippen LogP contribution is 2.20. The van der Waals surface area contributed by atoms with Crippen LogP contribution in [0.2, 0.25) is 0 Å². The van der Waals surface area contributed by atoms with E-state index in [0.29, 0.717) is 10.7 Å². The third-order valence-electron chi connectivity index (χ3n) is 3.73. The molecule has 2 N–H and O–H groups in total. The molecule has 6 nitrogen and oxygen atoms in total. The summed E-state index contributed by atoms with van der Waals surface area (Å²) in [5, 5.41) is 3.70. The first kappa shape index (κ1) is 17.8. The van der Waals surface area contributed by atoms with Gasteiger partial charge in [-0.05, 0) is 36.8 Å². The molecule has 0 aliphatic heterocycles. The van der Waals surface area contributed by atoms with Crippen LogP contribution in [0.25, 0.3) is 11.0 Å². The van der Waals surface area contributed by atoms with Crippen LogP contribution in [-0.4, -0.2) is 44.1 Å². The number of nitrogens with zero attached hydrogens (tertiary/aromatic N) is 3. The Bertz CT molecular complexity index is 817. The van der Waals surface area contributed by atoms with Crippen molar-refractivity contribution in [3.63, 3.8) is 0 Å². The predicted octanol–water partition coefficient (Wildman–Crippen LogP) is 3.30. The number of para-hydroxylation sites is 2. The van der Waals surface area contributed by atoms with Gasteiger partial charge in [-0.15, -0.1) is 0 Å². The van der Waals surface area contributed by atoms with E-state index in [1.54, 1.807) is 24.2 Å². The Kier molecular flexibility index (Phi) is 5.93. The lowest BCUT2D eigenvalue weighted by Crippen LogP contribution is -2.30. The lowest BCUT2D eigenvalue weighted by molar-refractivity contribution is 0.0933. The number of hydrogen-bond acceptors (Lipinski definition) is 6. The molecule has 2 aromatic heterocycles. The van der Waals surface area contributed by atoms with Crippen LogP contribution in [0.15, 0.2) is 41.8 Å². The van der Waals surface area contributed by atoms with Crippen molar-refractivity contribution in [3.8, 4) is 0 Å². The van der Waals surface area contributed by atoms with Crippen LogP contribution in [0.1, 0.15) is 28.6 Å². The molecule has 0 aliphatic carbocycles. The molecule has 0 fully saturated rings. The quantitative estimate of drug-likeness (QED) is 0.488. The number of benzene rings is 1. The Balaban J connectivity index is 1.80. The van der Waals surface area contributed by atoms with Crippen molar-refractivity contribution in [2.24, 2.45) is 0 Å². The minimum Gasteiger partial charge on any atom is -0.342 e. The van der Waals surface area contributed by atoms with Gasteiger partial charge >= 0.3 is 0 Å². The molecule has 0 bridgehead atoms. The number of fused-ring (bicyclic) bond motifs is 1. The van der Waals surface area contributed by atoms with E-state index in [0.717, 1.165) is 29.0 Å². The van der Waals surface area contributed by atoms with Crippen LogP contribution in [0.3, 0.4) is 0 Å². The average Bonchev–Trinajstić information content (AvgIpc) is 3.09. The van der Waals surface area contributed by atoms with Crippen molar-refractivity contribution in [3.05, 3.63) is 48.0 Å². The number of H-pyrrole nitrogens is 1. The number of carbonyl (C=O) groups excluding carboxylic acids is 1. The van der Waals surface area contributed by atoms with Gasteiger partial charge in [-0.3, -0.25) is 4.79 Å². The minimum absolute atomic E-state index is 0.187. The number of amides is 1. The van der Waals surface area contributed by atoms with Gasteiger partial charge in [0.25, 0.3) is 5.91 Å². The van der Waals surface area contributed by atoms with Crippen LogP contribution in [0.5, 0.6) is 0 Å². The summed E-state index contributed by atoms with van der Waals surface area (Å²) in [4.78, 5) is 28.8. The second kappa shape index (κ2) is 8.35. The van der Waals surface area contributed by atoms with E-state index >= 15 is 0 Å². The molecule has 0 aliphatic rings. The molecule has 3 rings (SSSR count). The molecule has 3 aromatic rings. The second-order valence-corrected chi connectivity index (χ2v) is 7.16. The van der Waals surface area contributed by atoms with Crippen LogP contribution in [-0.2, 0) is 0 Å². The van der Waals surface area contributed by atoms with Gasteiger partial charge in [0.15, 0.2) is 5.16 Å². The standard InChI is InChI=1S/C17H19N5OS2/c1-24-8-7-14(15-20-12-5-3-4-6-13(12)21-15)22-16(23)11-9-18-17(25-2)19-10-11/h3-6,9-10,14H,7-8H2,1-2H3,(H,20,21)(H,22,23)/t14-/m1/s1. The van der Waals surface area contributed by atoms with Crippen molar-refractivity contribution in [1.29, 1.82) is 0 Å². The molecule has 0 saturated heterocycles. The Morgan fingerprint density at radius 3 is 2.68 bits per heavy atom. The highest BCUT2D eigenvalue weighted by Gasteiger charge is 2.19. The molecule has 1 atom stereocenters. The predicted molar refractivity (Wildman–Crippen MR) is 103 cm³/mol. The maximum atomic E-state index is 12.6. The van der Waals surface area contributed by atoms with Crippen molar-refractivity contribution in [2.75, 3.05) is 18.3 Å². The Morgan fingerprint density at radius 1 is 1.24 bits per heavy atom. The second-order valence-electron chi connectivity index (χ2n) is 5.41. The van der Waals surface area contributed by atoms with Gasteiger partial charge < -0.3 is 10.3 Å². The van der Waals surface area contributed by atoms with Crippen LogP contribution < -0.4 is 5.32 Å². The molecule has 0 unspecified atom stereocenters. The number of hydrogen-bond donors (Lipinski definition) is 2. The molecule has 25 heavy (non-hydrogen) atoms. The summed E-state index contributed by atoms with van der Waals surface area (Å²) in [6.45, 7) is 0. The molecular weight excluding hydrogens is 354 g/mol. The largest absolute Gasteiger partial charge is 0.342 e. The smallest absolute Gasteiger partial charge is 0.255 e. The normalized spacial score (nSPS) is 12.2. The molecule has 8 heteroatoms. The number of aromatic amines is 1. The van der Waals surface area contributed by atoms with Crippen LogP contribution >= 0.6 is 23.5 Å². The van der Waals surface area contributed by atoms with Gasteiger partial charge in [-0.2, -0.15) is 11.8 Å². The van der Waals surface area contributed by atoms with Gasteiger partial charge in [-0.25, -0.2) is 15.0 Å². The summed E-state index contributed by atoms with van der Waals surface area (Å²) < 4.78 is 0. The summed E-state index contributed by atoms with van der Waals surface area (Å²) in [5.74, 6) is 1.49. The monoisotopic (exact) mass is 373 g/mol. The molecule has 2 heterocycles.